The van der Waals surface area contributed by atoms with Crippen molar-refractivity contribution in [3.8, 4) is 5.75 Å². The van der Waals surface area contributed by atoms with Crippen LogP contribution >= 0.6 is 0 Å². The Morgan fingerprint density at radius 2 is 2.00 bits per heavy atom. The Labute approximate surface area is 90.9 Å². The Bertz CT molecular complexity index is 394. The van der Waals surface area contributed by atoms with Crippen molar-refractivity contribution >= 4 is 0 Å². The average molecular weight is 206 g/mol. The minimum atomic E-state index is -0.296. The van der Waals surface area contributed by atoms with Gasteiger partial charge in [0.15, 0.2) is 0 Å². The fraction of sp³-hybridized carbons (Fsp3) is 0.538. The summed E-state index contributed by atoms with van der Waals surface area (Å²) in [6.45, 7) is 8.35. The van der Waals surface area contributed by atoms with E-state index in [1.54, 1.807) is 0 Å². The van der Waals surface area contributed by atoms with Gasteiger partial charge in [-0.3, -0.25) is 0 Å². The second kappa shape index (κ2) is 3.24. The zero-order valence-electron chi connectivity index (χ0n) is 9.79. The van der Waals surface area contributed by atoms with E-state index in [1.165, 1.54) is 16.7 Å². The Kier molecular flexibility index (Phi) is 2.27. The summed E-state index contributed by atoms with van der Waals surface area (Å²) in [5.41, 5.74) is 3.30. The number of rotatable bonds is 1. The van der Waals surface area contributed by atoms with Crippen molar-refractivity contribution in [1.29, 1.82) is 0 Å². The summed E-state index contributed by atoms with van der Waals surface area (Å²) < 4.78 is 5.90. The predicted octanol–water partition coefficient (Wildman–Crippen LogP) is 2.55. The SMILES string of the molecule is Cc1cc(C)c2c(c1)OC(C)(C)C2CO. The average Bonchev–Trinajstić information content (AvgIpc) is 2.34. The van der Waals surface area contributed by atoms with E-state index in [2.05, 4.69) is 26.0 Å². The molecule has 82 valence electrons. The van der Waals surface area contributed by atoms with E-state index < -0.39 is 0 Å². The third kappa shape index (κ3) is 1.53. The predicted molar refractivity (Wildman–Crippen MR) is 60.4 cm³/mol. The standard InChI is InChI=1S/C13H18O2/c1-8-5-9(2)12-10(7-14)13(3,4)15-11(12)6-8/h5-6,10,14H,7H2,1-4H3. The highest BCUT2D eigenvalue weighted by atomic mass is 16.5. The highest BCUT2D eigenvalue weighted by Gasteiger charge is 2.41. The van der Waals surface area contributed by atoms with Crippen molar-refractivity contribution in [3.05, 3.63) is 28.8 Å². The summed E-state index contributed by atoms with van der Waals surface area (Å²) in [4.78, 5) is 0. The van der Waals surface area contributed by atoms with Crippen molar-refractivity contribution in [2.24, 2.45) is 0 Å². The molecule has 1 aromatic rings. The van der Waals surface area contributed by atoms with E-state index in [9.17, 15) is 5.11 Å². The molecule has 1 aliphatic heterocycles. The maximum absolute atomic E-state index is 9.46. The van der Waals surface area contributed by atoms with Crippen molar-refractivity contribution in [2.45, 2.75) is 39.2 Å². The zero-order valence-corrected chi connectivity index (χ0v) is 9.79. The molecule has 1 N–H and O–H groups in total. The van der Waals surface area contributed by atoms with Crippen molar-refractivity contribution in [1.82, 2.24) is 0 Å². The highest BCUT2D eigenvalue weighted by Crippen LogP contribution is 2.46. The molecule has 1 aromatic carbocycles. The van der Waals surface area contributed by atoms with Crippen LogP contribution in [0, 0.1) is 13.8 Å². The molecule has 0 radical (unpaired) electrons. The van der Waals surface area contributed by atoms with Crippen LogP contribution in [0.25, 0.3) is 0 Å². The molecule has 1 unspecified atom stereocenters. The second-order valence-electron chi connectivity index (χ2n) is 4.93. The molecule has 1 atom stereocenters. The van der Waals surface area contributed by atoms with Crippen LogP contribution in [0.2, 0.25) is 0 Å². The van der Waals surface area contributed by atoms with Crippen LogP contribution in [0.5, 0.6) is 5.75 Å². The Morgan fingerprint density at radius 3 is 2.60 bits per heavy atom. The molecule has 0 bridgehead atoms. The molecule has 0 aliphatic carbocycles. The molecule has 2 nitrogen and oxygen atoms in total. The first-order valence-electron chi connectivity index (χ1n) is 5.36. The molecule has 1 aliphatic rings. The number of aliphatic hydroxyl groups is 1. The van der Waals surface area contributed by atoms with Gasteiger partial charge in [-0.05, 0) is 44.9 Å². The van der Waals surface area contributed by atoms with Gasteiger partial charge in [-0.1, -0.05) is 6.07 Å². The van der Waals surface area contributed by atoms with Crippen LogP contribution in [0.3, 0.4) is 0 Å². The molecule has 0 fully saturated rings. The number of aliphatic hydroxyl groups excluding tert-OH is 1. The van der Waals surface area contributed by atoms with Gasteiger partial charge < -0.3 is 9.84 Å². The van der Waals surface area contributed by atoms with Crippen molar-refractivity contribution in [3.63, 3.8) is 0 Å². The summed E-state index contributed by atoms with van der Waals surface area (Å²) >= 11 is 0. The van der Waals surface area contributed by atoms with Gasteiger partial charge >= 0.3 is 0 Å². The molecule has 0 spiro atoms. The first-order chi connectivity index (χ1) is 6.95. The van der Waals surface area contributed by atoms with Crippen LogP contribution < -0.4 is 4.74 Å². The largest absolute Gasteiger partial charge is 0.487 e. The van der Waals surface area contributed by atoms with Gasteiger partial charge in [0.1, 0.15) is 11.4 Å². The van der Waals surface area contributed by atoms with E-state index in [4.69, 9.17) is 4.74 Å². The molecular formula is C13H18O2. The molecule has 2 heteroatoms. The third-order valence-electron chi connectivity index (χ3n) is 3.24. The van der Waals surface area contributed by atoms with E-state index in [0.29, 0.717) is 0 Å². The van der Waals surface area contributed by atoms with Crippen LogP contribution in [0.15, 0.2) is 12.1 Å². The van der Waals surface area contributed by atoms with Gasteiger partial charge in [-0.15, -0.1) is 0 Å². The van der Waals surface area contributed by atoms with Gasteiger partial charge in [0.05, 0.1) is 12.5 Å². The number of hydrogen-bond donors (Lipinski definition) is 1. The molecule has 2 rings (SSSR count). The molecular weight excluding hydrogens is 188 g/mol. The highest BCUT2D eigenvalue weighted by molar-refractivity contribution is 5.49. The molecule has 0 saturated carbocycles. The fourth-order valence-electron chi connectivity index (χ4n) is 2.48. The molecule has 0 saturated heterocycles. The van der Waals surface area contributed by atoms with Gasteiger partial charge in [-0.25, -0.2) is 0 Å². The second-order valence-corrected chi connectivity index (χ2v) is 4.93. The van der Waals surface area contributed by atoms with Crippen molar-refractivity contribution in [2.75, 3.05) is 6.61 Å². The number of hydrogen-bond acceptors (Lipinski definition) is 2. The number of benzene rings is 1. The van der Waals surface area contributed by atoms with E-state index in [1.807, 2.05) is 13.8 Å². The zero-order chi connectivity index (χ0) is 11.2. The van der Waals surface area contributed by atoms with Crippen LogP contribution in [-0.2, 0) is 0 Å². The smallest absolute Gasteiger partial charge is 0.124 e. The summed E-state index contributed by atoms with van der Waals surface area (Å²) in [6, 6.07) is 4.20. The number of fused-ring (bicyclic) bond motifs is 1. The first kappa shape index (κ1) is 10.5. The first-order valence-corrected chi connectivity index (χ1v) is 5.36. The normalized spacial score (nSPS) is 22.3. The van der Waals surface area contributed by atoms with Gasteiger partial charge in [-0.2, -0.15) is 0 Å². The van der Waals surface area contributed by atoms with E-state index >= 15 is 0 Å². The van der Waals surface area contributed by atoms with Crippen molar-refractivity contribution < 1.29 is 9.84 Å². The summed E-state index contributed by atoms with van der Waals surface area (Å²) in [7, 11) is 0. The minimum absolute atomic E-state index is 0.0908. The Morgan fingerprint density at radius 1 is 1.33 bits per heavy atom. The van der Waals surface area contributed by atoms with Crippen LogP contribution in [-0.4, -0.2) is 17.3 Å². The third-order valence-corrected chi connectivity index (χ3v) is 3.24. The fourth-order valence-corrected chi connectivity index (χ4v) is 2.48. The molecule has 1 heterocycles. The summed E-state index contributed by atoms with van der Waals surface area (Å²) in [5.74, 6) is 1.03. The maximum atomic E-state index is 9.46. The minimum Gasteiger partial charge on any atom is -0.487 e. The monoisotopic (exact) mass is 206 g/mol. The van der Waals surface area contributed by atoms with Gasteiger partial charge in [0.25, 0.3) is 0 Å². The lowest BCUT2D eigenvalue weighted by atomic mass is 9.85. The summed E-state index contributed by atoms with van der Waals surface area (Å²) in [5, 5.41) is 9.46. The van der Waals surface area contributed by atoms with Gasteiger partial charge in [0.2, 0.25) is 0 Å². The number of ether oxygens (including phenoxy) is 1. The lowest BCUT2D eigenvalue weighted by Gasteiger charge is -2.24. The lowest BCUT2D eigenvalue weighted by Crippen LogP contribution is -2.32. The van der Waals surface area contributed by atoms with Crippen LogP contribution in [0.1, 0.15) is 36.5 Å². The van der Waals surface area contributed by atoms with Crippen LogP contribution in [0.4, 0.5) is 0 Å². The van der Waals surface area contributed by atoms with E-state index in [-0.39, 0.29) is 18.1 Å². The lowest BCUT2D eigenvalue weighted by molar-refractivity contribution is 0.0814. The maximum Gasteiger partial charge on any atom is 0.124 e. The molecule has 0 amide bonds. The quantitative estimate of drug-likeness (QED) is 0.765. The molecule has 15 heavy (non-hydrogen) atoms. The Balaban J connectivity index is 2.58. The Hall–Kier alpha value is -1.02. The summed E-state index contributed by atoms with van der Waals surface area (Å²) in [6.07, 6.45) is 0. The number of aryl methyl sites for hydroxylation is 2. The molecule has 0 aromatic heterocycles. The van der Waals surface area contributed by atoms with E-state index in [0.717, 1.165) is 5.75 Å². The topological polar surface area (TPSA) is 29.5 Å². The van der Waals surface area contributed by atoms with Gasteiger partial charge in [0, 0.05) is 5.56 Å².